The summed E-state index contributed by atoms with van der Waals surface area (Å²) in [4.78, 5) is 13.8. The second-order valence-corrected chi connectivity index (χ2v) is 5.86. The lowest BCUT2D eigenvalue weighted by Crippen LogP contribution is -2.30. The molecule has 1 N–H and O–H groups in total. The normalized spacial score (nSPS) is 20.2. The highest BCUT2D eigenvalue weighted by atomic mass is 16.3. The van der Waals surface area contributed by atoms with E-state index in [-0.39, 0.29) is 5.91 Å². The molecule has 0 saturated carbocycles. The van der Waals surface area contributed by atoms with Crippen LogP contribution in [-0.4, -0.2) is 29.0 Å². The number of nitrogens with zero attached hydrogens (tertiary/aromatic N) is 1. The van der Waals surface area contributed by atoms with Crippen molar-refractivity contribution in [2.75, 3.05) is 13.1 Å². The minimum atomic E-state index is -0.629. The Morgan fingerprint density at radius 3 is 2.76 bits per heavy atom. The van der Waals surface area contributed by atoms with Crippen LogP contribution in [0.2, 0.25) is 0 Å². The zero-order valence-corrected chi connectivity index (χ0v) is 12.3. The second kappa shape index (κ2) is 5.86. The van der Waals surface area contributed by atoms with Gasteiger partial charge in [-0.1, -0.05) is 55.8 Å². The van der Waals surface area contributed by atoms with Gasteiger partial charge in [-0.25, -0.2) is 0 Å². The molecule has 1 fully saturated rings. The molecule has 2 aromatic rings. The second-order valence-electron chi connectivity index (χ2n) is 5.86. The molecule has 2 atom stereocenters. The molecule has 21 heavy (non-hydrogen) atoms. The van der Waals surface area contributed by atoms with E-state index in [4.69, 9.17) is 0 Å². The van der Waals surface area contributed by atoms with Gasteiger partial charge in [0.25, 0.3) is 0 Å². The van der Waals surface area contributed by atoms with Crippen molar-refractivity contribution in [1.29, 1.82) is 0 Å². The molecule has 110 valence electrons. The zero-order chi connectivity index (χ0) is 14.8. The topological polar surface area (TPSA) is 40.5 Å². The van der Waals surface area contributed by atoms with Gasteiger partial charge in [0.15, 0.2) is 0 Å². The van der Waals surface area contributed by atoms with Gasteiger partial charge < -0.3 is 10.0 Å². The van der Waals surface area contributed by atoms with Crippen LogP contribution < -0.4 is 0 Å². The Hall–Kier alpha value is -1.87. The predicted octanol–water partition coefficient (Wildman–Crippen LogP) is 3.13. The fourth-order valence-electron chi connectivity index (χ4n) is 3.15. The maximum absolute atomic E-state index is 12.0. The molecule has 3 nitrogen and oxygen atoms in total. The van der Waals surface area contributed by atoms with E-state index >= 15 is 0 Å². The summed E-state index contributed by atoms with van der Waals surface area (Å²) in [6, 6.07) is 14.0. The number of aliphatic hydroxyl groups is 1. The van der Waals surface area contributed by atoms with Crippen molar-refractivity contribution in [2.45, 2.75) is 25.9 Å². The Morgan fingerprint density at radius 1 is 1.24 bits per heavy atom. The first-order valence-corrected chi connectivity index (χ1v) is 7.62. The number of fused-ring (bicyclic) bond motifs is 1. The number of likely N-dealkylation sites (tertiary alicyclic amines) is 1. The van der Waals surface area contributed by atoms with Gasteiger partial charge >= 0.3 is 0 Å². The van der Waals surface area contributed by atoms with Crippen LogP contribution >= 0.6 is 0 Å². The van der Waals surface area contributed by atoms with E-state index in [0.29, 0.717) is 18.9 Å². The van der Waals surface area contributed by atoms with Crippen molar-refractivity contribution in [3.8, 4) is 0 Å². The molecule has 2 unspecified atom stereocenters. The standard InChI is InChI=1S/C18H21NO2/c1-2-13-10-18(21)19(11-13)12-17(20)16-9-5-7-14-6-3-4-8-15(14)16/h3-9,13,17,20H,2,10-12H2,1H3. The van der Waals surface area contributed by atoms with Gasteiger partial charge in [-0.05, 0) is 22.3 Å². The van der Waals surface area contributed by atoms with Gasteiger partial charge in [0, 0.05) is 13.0 Å². The minimum absolute atomic E-state index is 0.168. The van der Waals surface area contributed by atoms with Crippen molar-refractivity contribution in [3.63, 3.8) is 0 Å². The van der Waals surface area contributed by atoms with Crippen molar-refractivity contribution in [1.82, 2.24) is 4.90 Å². The number of carbonyl (C=O) groups is 1. The molecular weight excluding hydrogens is 262 g/mol. The summed E-state index contributed by atoms with van der Waals surface area (Å²) in [6.07, 6.45) is 1.02. The quantitative estimate of drug-likeness (QED) is 0.936. The molecule has 0 aliphatic carbocycles. The lowest BCUT2D eigenvalue weighted by Gasteiger charge is -2.21. The van der Waals surface area contributed by atoms with Crippen LogP contribution in [0.15, 0.2) is 42.5 Å². The summed E-state index contributed by atoms with van der Waals surface area (Å²) < 4.78 is 0. The zero-order valence-electron chi connectivity index (χ0n) is 12.3. The van der Waals surface area contributed by atoms with Gasteiger partial charge in [0.05, 0.1) is 12.6 Å². The van der Waals surface area contributed by atoms with E-state index < -0.39 is 6.10 Å². The molecule has 0 bridgehead atoms. The van der Waals surface area contributed by atoms with Crippen molar-refractivity contribution < 1.29 is 9.90 Å². The van der Waals surface area contributed by atoms with Crippen LogP contribution in [0.3, 0.4) is 0 Å². The molecule has 3 rings (SSSR count). The number of rotatable bonds is 4. The molecule has 0 radical (unpaired) electrons. The number of β-amino-alcohol motifs (C(OH)–C–C–N with tert-alkyl or cyclic N) is 1. The molecular formula is C18H21NO2. The largest absolute Gasteiger partial charge is 0.387 e. The van der Waals surface area contributed by atoms with Gasteiger partial charge in [-0.15, -0.1) is 0 Å². The maximum Gasteiger partial charge on any atom is 0.223 e. The Morgan fingerprint density at radius 2 is 2.00 bits per heavy atom. The highest BCUT2D eigenvalue weighted by molar-refractivity contribution is 5.86. The van der Waals surface area contributed by atoms with Gasteiger partial charge in [0.2, 0.25) is 5.91 Å². The summed E-state index contributed by atoms with van der Waals surface area (Å²) in [5.74, 6) is 0.610. The molecule has 1 aliphatic rings. The maximum atomic E-state index is 12.0. The third-order valence-electron chi connectivity index (χ3n) is 4.45. The first-order chi connectivity index (χ1) is 10.2. The molecule has 3 heteroatoms. The van der Waals surface area contributed by atoms with E-state index in [9.17, 15) is 9.90 Å². The van der Waals surface area contributed by atoms with Gasteiger partial charge in [-0.3, -0.25) is 4.79 Å². The Bertz CT molecular complexity index is 647. The van der Waals surface area contributed by atoms with Crippen molar-refractivity contribution in [2.24, 2.45) is 5.92 Å². The van der Waals surface area contributed by atoms with E-state index in [1.807, 2.05) is 42.5 Å². The fraction of sp³-hybridized carbons (Fsp3) is 0.389. The number of carbonyl (C=O) groups excluding carboxylic acids is 1. The van der Waals surface area contributed by atoms with Crippen LogP contribution in [0.5, 0.6) is 0 Å². The van der Waals surface area contributed by atoms with Gasteiger partial charge in [-0.2, -0.15) is 0 Å². The van der Waals surface area contributed by atoms with Crippen LogP contribution in [0, 0.1) is 5.92 Å². The molecule has 2 aromatic carbocycles. The Labute approximate surface area is 125 Å². The highest BCUT2D eigenvalue weighted by Gasteiger charge is 2.30. The molecule has 1 heterocycles. The predicted molar refractivity (Wildman–Crippen MR) is 83.9 cm³/mol. The van der Waals surface area contributed by atoms with E-state index in [2.05, 4.69) is 6.92 Å². The fourth-order valence-corrected chi connectivity index (χ4v) is 3.15. The Kier molecular flexibility index (Phi) is 3.93. The average molecular weight is 283 g/mol. The third-order valence-corrected chi connectivity index (χ3v) is 4.45. The highest BCUT2D eigenvalue weighted by Crippen LogP contribution is 2.27. The molecule has 1 saturated heterocycles. The lowest BCUT2D eigenvalue weighted by molar-refractivity contribution is -0.128. The first kappa shape index (κ1) is 14.1. The third kappa shape index (κ3) is 2.79. The van der Waals surface area contributed by atoms with Crippen molar-refractivity contribution >= 4 is 16.7 Å². The van der Waals surface area contributed by atoms with Gasteiger partial charge in [0.1, 0.15) is 0 Å². The summed E-state index contributed by atoms with van der Waals surface area (Å²) in [5, 5.41) is 12.7. The summed E-state index contributed by atoms with van der Waals surface area (Å²) in [7, 11) is 0. The molecule has 0 spiro atoms. The lowest BCUT2D eigenvalue weighted by atomic mass is 10.00. The summed E-state index contributed by atoms with van der Waals surface area (Å²) in [5.41, 5.74) is 0.904. The monoisotopic (exact) mass is 283 g/mol. The number of hydrogen-bond acceptors (Lipinski definition) is 2. The van der Waals surface area contributed by atoms with Crippen LogP contribution in [0.1, 0.15) is 31.4 Å². The summed E-state index contributed by atoms with van der Waals surface area (Å²) in [6.45, 7) is 3.28. The molecule has 1 amide bonds. The molecule has 0 aromatic heterocycles. The van der Waals surface area contributed by atoms with E-state index in [1.54, 1.807) is 4.90 Å². The number of benzene rings is 2. The number of aliphatic hydroxyl groups excluding tert-OH is 1. The first-order valence-electron chi connectivity index (χ1n) is 7.62. The molecule has 1 aliphatic heterocycles. The SMILES string of the molecule is CCC1CC(=O)N(CC(O)c2cccc3ccccc23)C1. The number of amides is 1. The Balaban J connectivity index is 1.81. The van der Waals surface area contributed by atoms with E-state index in [0.717, 1.165) is 29.3 Å². The van der Waals surface area contributed by atoms with Crippen LogP contribution in [0.4, 0.5) is 0 Å². The summed E-state index contributed by atoms with van der Waals surface area (Å²) >= 11 is 0. The van der Waals surface area contributed by atoms with Crippen LogP contribution in [0.25, 0.3) is 10.8 Å². The minimum Gasteiger partial charge on any atom is -0.387 e. The number of hydrogen-bond donors (Lipinski definition) is 1. The smallest absolute Gasteiger partial charge is 0.223 e. The average Bonchev–Trinajstić information content (AvgIpc) is 2.87. The van der Waals surface area contributed by atoms with Crippen LogP contribution in [-0.2, 0) is 4.79 Å². The van der Waals surface area contributed by atoms with E-state index in [1.165, 1.54) is 0 Å². The van der Waals surface area contributed by atoms with Crippen molar-refractivity contribution in [3.05, 3.63) is 48.0 Å².